The molecule has 1 fully saturated rings. The second-order valence-corrected chi connectivity index (χ2v) is 9.10. The number of nitrogens with one attached hydrogen (secondary N) is 2. The Kier molecular flexibility index (Phi) is 7.87. The van der Waals surface area contributed by atoms with Gasteiger partial charge in [-0.15, -0.1) is 0 Å². The van der Waals surface area contributed by atoms with Crippen molar-refractivity contribution in [3.8, 4) is 0 Å². The lowest BCUT2D eigenvalue weighted by molar-refractivity contribution is -0.140. The Bertz CT molecular complexity index is 866. The van der Waals surface area contributed by atoms with E-state index >= 15 is 0 Å². The van der Waals surface area contributed by atoms with Crippen molar-refractivity contribution in [3.05, 3.63) is 29.8 Å². The molecule has 7 nitrogen and oxygen atoms in total. The third-order valence-electron chi connectivity index (χ3n) is 4.94. The minimum absolute atomic E-state index is 0.0803. The lowest BCUT2D eigenvalue weighted by Gasteiger charge is -2.31. The molecule has 2 amide bonds. The maximum atomic E-state index is 13.2. The Morgan fingerprint density at radius 2 is 1.80 bits per heavy atom. The van der Waals surface area contributed by atoms with Crippen LogP contribution in [0.3, 0.4) is 0 Å². The summed E-state index contributed by atoms with van der Waals surface area (Å²) in [4.78, 5) is 23.5. The minimum Gasteiger partial charge on any atom is -0.354 e. The summed E-state index contributed by atoms with van der Waals surface area (Å²) < 4.78 is 66.1. The number of benzene rings is 1. The number of hydrogen-bond donors (Lipinski definition) is 2. The van der Waals surface area contributed by atoms with Gasteiger partial charge in [0.15, 0.2) is 0 Å². The summed E-state index contributed by atoms with van der Waals surface area (Å²) in [5.41, 5.74) is -1.21. The van der Waals surface area contributed by atoms with E-state index in [2.05, 4.69) is 10.6 Å². The minimum atomic E-state index is -4.80. The Labute approximate surface area is 174 Å². The van der Waals surface area contributed by atoms with Gasteiger partial charge in [-0.3, -0.25) is 9.59 Å². The fourth-order valence-corrected chi connectivity index (χ4v) is 4.90. The highest BCUT2D eigenvalue weighted by Gasteiger charge is 2.40. The monoisotopic (exact) mass is 449 g/mol. The zero-order valence-corrected chi connectivity index (χ0v) is 17.6. The molecular weight excluding hydrogens is 423 g/mol. The molecule has 0 radical (unpaired) electrons. The Morgan fingerprint density at radius 1 is 1.20 bits per heavy atom. The van der Waals surface area contributed by atoms with Gasteiger partial charge in [0.1, 0.15) is 6.04 Å². The van der Waals surface area contributed by atoms with Gasteiger partial charge in [0.05, 0.1) is 10.5 Å². The topological polar surface area (TPSA) is 95.6 Å². The van der Waals surface area contributed by atoms with Crippen molar-refractivity contribution in [2.45, 2.75) is 50.2 Å². The SMILES string of the molecule is CCCNC(=O)[C@H](C)NC(=O)C1CCN(S(=O)(=O)c2ccccc2C(F)(F)F)CC1. The van der Waals surface area contributed by atoms with Crippen molar-refractivity contribution in [1.82, 2.24) is 14.9 Å². The van der Waals surface area contributed by atoms with E-state index in [1.54, 1.807) is 6.92 Å². The number of rotatable bonds is 7. The number of piperidine rings is 1. The molecule has 1 aliphatic rings. The summed E-state index contributed by atoms with van der Waals surface area (Å²) in [5.74, 6) is -1.20. The number of sulfonamides is 1. The molecule has 2 rings (SSSR count). The highest BCUT2D eigenvalue weighted by atomic mass is 32.2. The van der Waals surface area contributed by atoms with Crippen LogP contribution in [0, 0.1) is 5.92 Å². The summed E-state index contributed by atoms with van der Waals surface area (Å²) in [5, 5.41) is 5.27. The van der Waals surface area contributed by atoms with Crippen molar-refractivity contribution in [3.63, 3.8) is 0 Å². The molecule has 1 atom stereocenters. The molecule has 1 heterocycles. The van der Waals surface area contributed by atoms with Crippen LogP contribution < -0.4 is 10.6 Å². The first-order chi connectivity index (χ1) is 14.0. The molecule has 0 saturated carbocycles. The first kappa shape index (κ1) is 24.1. The van der Waals surface area contributed by atoms with Crippen LogP contribution in [0.2, 0.25) is 0 Å². The molecule has 1 aromatic carbocycles. The molecule has 0 aromatic heterocycles. The largest absolute Gasteiger partial charge is 0.417 e. The molecule has 168 valence electrons. The van der Waals surface area contributed by atoms with E-state index in [1.807, 2.05) is 6.92 Å². The molecule has 0 spiro atoms. The standard InChI is InChI=1S/C19H26F3N3O4S/c1-3-10-23-17(26)13(2)24-18(27)14-8-11-25(12-9-14)30(28,29)16-7-5-4-6-15(16)19(20,21)22/h4-7,13-14H,3,8-12H2,1-2H3,(H,23,26)(H,24,27)/t13-/m0/s1. The number of carbonyl (C=O) groups is 2. The van der Waals surface area contributed by atoms with Crippen LogP contribution in [-0.2, 0) is 25.8 Å². The maximum absolute atomic E-state index is 13.2. The molecular formula is C19H26F3N3O4S. The second kappa shape index (κ2) is 9.78. The van der Waals surface area contributed by atoms with Gasteiger partial charge in [-0.1, -0.05) is 19.1 Å². The van der Waals surface area contributed by atoms with Crippen LogP contribution in [0.5, 0.6) is 0 Å². The number of nitrogens with zero attached hydrogens (tertiary/aromatic N) is 1. The van der Waals surface area contributed by atoms with Crippen molar-refractivity contribution in [1.29, 1.82) is 0 Å². The molecule has 30 heavy (non-hydrogen) atoms. The van der Waals surface area contributed by atoms with Crippen LogP contribution in [-0.4, -0.2) is 50.2 Å². The van der Waals surface area contributed by atoms with Gasteiger partial charge in [-0.05, 0) is 38.3 Å². The van der Waals surface area contributed by atoms with E-state index in [-0.39, 0.29) is 37.7 Å². The molecule has 11 heteroatoms. The fraction of sp³-hybridized carbons (Fsp3) is 0.579. The average Bonchev–Trinajstić information content (AvgIpc) is 2.71. The molecule has 0 aliphatic carbocycles. The Morgan fingerprint density at radius 3 is 2.37 bits per heavy atom. The first-order valence-corrected chi connectivity index (χ1v) is 11.2. The van der Waals surface area contributed by atoms with Crippen molar-refractivity contribution in [2.75, 3.05) is 19.6 Å². The lowest BCUT2D eigenvalue weighted by Crippen LogP contribution is -2.49. The number of halogens is 3. The molecule has 1 aliphatic heterocycles. The molecule has 2 N–H and O–H groups in total. The number of amides is 2. The zero-order chi connectivity index (χ0) is 22.5. The van der Waals surface area contributed by atoms with Crippen LogP contribution in [0.25, 0.3) is 0 Å². The summed E-state index contributed by atoms with van der Waals surface area (Å²) in [6, 6.07) is 3.32. The number of hydrogen-bond acceptors (Lipinski definition) is 4. The normalized spacial score (nSPS) is 17.4. The van der Waals surface area contributed by atoms with Crippen LogP contribution in [0.1, 0.15) is 38.7 Å². The fourth-order valence-electron chi connectivity index (χ4n) is 3.22. The maximum Gasteiger partial charge on any atom is 0.417 e. The van der Waals surface area contributed by atoms with Gasteiger partial charge < -0.3 is 10.6 Å². The summed E-state index contributed by atoms with van der Waals surface area (Å²) in [6.45, 7) is 3.79. The number of carbonyl (C=O) groups excluding carboxylic acids is 2. The van der Waals surface area contributed by atoms with Gasteiger partial charge in [0, 0.05) is 25.6 Å². The predicted octanol–water partition coefficient (Wildman–Crippen LogP) is 2.14. The lowest BCUT2D eigenvalue weighted by atomic mass is 9.97. The van der Waals surface area contributed by atoms with Gasteiger partial charge in [0.25, 0.3) is 0 Å². The highest BCUT2D eigenvalue weighted by Crippen LogP contribution is 2.36. The third-order valence-corrected chi connectivity index (χ3v) is 6.89. The Balaban J connectivity index is 2.02. The van der Waals surface area contributed by atoms with E-state index in [9.17, 15) is 31.2 Å². The molecule has 0 bridgehead atoms. The van der Waals surface area contributed by atoms with Crippen molar-refractivity contribution >= 4 is 21.8 Å². The zero-order valence-electron chi connectivity index (χ0n) is 16.8. The van der Waals surface area contributed by atoms with E-state index < -0.39 is 38.6 Å². The molecule has 0 unspecified atom stereocenters. The first-order valence-electron chi connectivity index (χ1n) is 9.73. The van der Waals surface area contributed by atoms with Crippen LogP contribution in [0.4, 0.5) is 13.2 Å². The smallest absolute Gasteiger partial charge is 0.354 e. The van der Waals surface area contributed by atoms with E-state index in [1.165, 1.54) is 6.07 Å². The highest BCUT2D eigenvalue weighted by molar-refractivity contribution is 7.89. The summed E-state index contributed by atoms with van der Waals surface area (Å²) in [7, 11) is -4.35. The Hall–Kier alpha value is -2.14. The average molecular weight is 449 g/mol. The summed E-state index contributed by atoms with van der Waals surface area (Å²) >= 11 is 0. The number of alkyl halides is 3. The van der Waals surface area contributed by atoms with Crippen molar-refractivity contribution in [2.24, 2.45) is 5.92 Å². The van der Waals surface area contributed by atoms with Crippen molar-refractivity contribution < 1.29 is 31.2 Å². The molecule has 1 saturated heterocycles. The quantitative estimate of drug-likeness (QED) is 0.667. The predicted molar refractivity (Wildman–Crippen MR) is 104 cm³/mol. The third kappa shape index (κ3) is 5.72. The van der Waals surface area contributed by atoms with Crippen LogP contribution >= 0.6 is 0 Å². The second-order valence-electron chi connectivity index (χ2n) is 7.19. The van der Waals surface area contributed by atoms with Gasteiger partial charge in [-0.25, -0.2) is 8.42 Å². The summed E-state index contributed by atoms with van der Waals surface area (Å²) in [6.07, 6.45) is -3.72. The van der Waals surface area contributed by atoms with Gasteiger partial charge in [0.2, 0.25) is 21.8 Å². The van der Waals surface area contributed by atoms with Crippen LogP contribution in [0.15, 0.2) is 29.2 Å². The van der Waals surface area contributed by atoms with E-state index in [0.29, 0.717) is 6.54 Å². The van der Waals surface area contributed by atoms with E-state index in [4.69, 9.17) is 0 Å². The van der Waals surface area contributed by atoms with E-state index in [0.717, 1.165) is 28.9 Å². The molecule has 1 aromatic rings. The van der Waals surface area contributed by atoms with Gasteiger partial charge in [-0.2, -0.15) is 17.5 Å². The van der Waals surface area contributed by atoms with Gasteiger partial charge >= 0.3 is 6.18 Å².